The van der Waals surface area contributed by atoms with Crippen LogP contribution in [0.15, 0.2) is 48.5 Å². The predicted molar refractivity (Wildman–Crippen MR) is 106 cm³/mol. The van der Waals surface area contributed by atoms with Gasteiger partial charge >= 0.3 is 0 Å². The van der Waals surface area contributed by atoms with Crippen LogP contribution in [0.2, 0.25) is 5.02 Å². The molecule has 0 unspecified atom stereocenters. The van der Waals surface area contributed by atoms with E-state index >= 15 is 0 Å². The van der Waals surface area contributed by atoms with Crippen molar-refractivity contribution in [3.8, 4) is 0 Å². The highest BCUT2D eigenvalue weighted by atomic mass is 35.5. The number of halogens is 1. The van der Waals surface area contributed by atoms with Gasteiger partial charge < -0.3 is 15.1 Å². The Balaban J connectivity index is 1.55. The molecule has 6 nitrogen and oxygen atoms in total. The molecule has 2 heterocycles. The van der Waals surface area contributed by atoms with Gasteiger partial charge in [0.15, 0.2) is 0 Å². The van der Waals surface area contributed by atoms with E-state index in [0.717, 1.165) is 12.0 Å². The first kappa shape index (κ1) is 18.5. The molecule has 0 radical (unpaired) electrons. The molecule has 1 N–H and O–H groups in total. The third-order valence-electron chi connectivity index (χ3n) is 5.17. The molecule has 7 heteroatoms. The molecule has 0 aliphatic carbocycles. The zero-order chi connectivity index (χ0) is 19.7. The molecule has 144 valence electrons. The first-order chi connectivity index (χ1) is 13.5. The highest BCUT2D eigenvalue weighted by Crippen LogP contribution is 2.32. The molecule has 4 rings (SSSR count). The molecule has 2 aromatic rings. The average molecular weight is 398 g/mol. The van der Waals surface area contributed by atoms with E-state index in [1.807, 2.05) is 12.1 Å². The molecule has 0 aromatic heterocycles. The molecule has 1 fully saturated rings. The Labute approximate surface area is 168 Å². The minimum absolute atomic E-state index is 0.131. The van der Waals surface area contributed by atoms with Gasteiger partial charge in [0.1, 0.15) is 12.6 Å². The van der Waals surface area contributed by atoms with E-state index in [1.54, 1.807) is 41.3 Å². The number of hydrogen-bond acceptors (Lipinski definition) is 3. The summed E-state index contributed by atoms with van der Waals surface area (Å²) in [6, 6.07) is 13.7. The van der Waals surface area contributed by atoms with Gasteiger partial charge in [0.2, 0.25) is 11.8 Å². The lowest BCUT2D eigenvalue weighted by molar-refractivity contribution is -0.125. The predicted octanol–water partition coefficient (Wildman–Crippen LogP) is 2.61. The van der Waals surface area contributed by atoms with Crippen molar-refractivity contribution in [3.63, 3.8) is 0 Å². The minimum Gasteiger partial charge on any atom is -0.350 e. The van der Waals surface area contributed by atoms with Crippen molar-refractivity contribution in [2.45, 2.75) is 25.4 Å². The van der Waals surface area contributed by atoms with Crippen LogP contribution in [0.3, 0.4) is 0 Å². The number of anilines is 1. The van der Waals surface area contributed by atoms with E-state index in [9.17, 15) is 14.4 Å². The topological polar surface area (TPSA) is 69.7 Å². The van der Waals surface area contributed by atoms with Crippen molar-refractivity contribution >= 4 is 35.0 Å². The fraction of sp³-hybridized carbons (Fsp3) is 0.286. The molecule has 28 heavy (non-hydrogen) atoms. The van der Waals surface area contributed by atoms with E-state index < -0.39 is 6.04 Å². The van der Waals surface area contributed by atoms with Gasteiger partial charge in [-0.2, -0.15) is 0 Å². The fourth-order valence-electron chi connectivity index (χ4n) is 3.82. The molecule has 1 saturated heterocycles. The lowest BCUT2D eigenvalue weighted by Gasteiger charge is -2.25. The van der Waals surface area contributed by atoms with Crippen molar-refractivity contribution < 1.29 is 14.4 Å². The third kappa shape index (κ3) is 3.47. The molecular formula is C21H20ClN3O3. The van der Waals surface area contributed by atoms with Crippen molar-refractivity contribution in [1.29, 1.82) is 0 Å². The second-order valence-electron chi connectivity index (χ2n) is 7.00. The van der Waals surface area contributed by atoms with Crippen LogP contribution >= 0.6 is 11.6 Å². The molecule has 2 aliphatic heterocycles. The van der Waals surface area contributed by atoms with Gasteiger partial charge in [0, 0.05) is 18.1 Å². The maximum atomic E-state index is 13.1. The summed E-state index contributed by atoms with van der Waals surface area (Å²) in [5.41, 5.74) is 1.83. The molecule has 0 bridgehead atoms. The molecule has 2 aliphatic rings. The van der Waals surface area contributed by atoms with Crippen LogP contribution in [0.4, 0.5) is 5.69 Å². The summed E-state index contributed by atoms with van der Waals surface area (Å²) in [4.78, 5) is 41.6. The van der Waals surface area contributed by atoms with Gasteiger partial charge in [-0.1, -0.05) is 35.9 Å². The molecular weight excluding hydrogens is 378 g/mol. The van der Waals surface area contributed by atoms with Gasteiger partial charge in [-0.15, -0.1) is 0 Å². The Morgan fingerprint density at radius 3 is 2.79 bits per heavy atom. The van der Waals surface area contributed by atoms with Crippen LogP contribution < -0.4 is 10.2 Å². The van der Waals surface area contributed by atoms with E-state index in [4.69, 9.17) is 11.6 Å². The quantitative estimate of drug-likeness (QED) is 0.862. The first-order valence-electron chi connectivity index (χ1n) is 9.27. The Hall–Kier alpha value is -2.86. The van der Waals surface area contributed by atoms with Gasteiger partial charge in [-0.25, -0.2) is 0 Å². The van der Waals surface area contributed by atoms with Crippen molar-refractivity contribution in [1.82, 2.24) is 10.2 Å². The number of benzene rings is 2. The number of para-hydroxylation sites is 1. The smallest absolute Gasteiger partial charge is 0.256 e. The zero-order valence-corrected chi connectivity index (χ0v) is 16.0. The summed E-state index contributed by atoms with van der Waals surface area (Å²) in [7, 11) is 0. The Morgan fingerprint density at radius 1 is 1.14 bits per heavy atom. The molecule has 3 amide bonds. The second-order valence-corrected chi connectivity index (χ2v) is 7.44. The standard InChI is InChI=1S/C21H20ClN3O3/c22-15-6-3-5-14(11-15)12-23-19(26)13-25-17-8-2-1-7-16(17)20(27)24-10-4-9-18(24)21(25)28/h1-3,5-8,11,18H,4,9-10,12-13H2,(H,23,26)/t18-/m1/s1. The van der Waals surface area contributed by atoms with Crippen LogP contribution in [-0.4, -0.2) is 41.8 Å². The highest BCUT2D eigenvalue weighted by Gasteiger charge is 2.42. The van der Waals surface area contributed by atoms with Gasteiger partial charge in [-0.3, -0.25) is 14.4 Å². The number of carbonyl (C=O) groups excluding carboxylic acids is 3. The maximum Gasteiger partial charge on any atom is 0.256 e. The zero-order valence-electron chi connectivity index (χ0n) is 15.2. The SMILES string of the molecule is O=C(CN1C(=O)[C@H]2CCCN2C(=O)c2ccccc21)NCc1cccc(Cl)c1. The van der Waals surface area contributed by atoms with Gasteiger partial charge in [0.05, 0.1) is 11.3 Å². The van der Waals surface area contributed by atoms with Crippen LogP contribution in [0.25, 0.3) is 0 Å². The van der Waals surface area contributed by atoms with E-state index in [2.05, 4.69) is 5.32 Å². The monoisotopic (exact) mass is 397 g/mol. The second kappa shape index (κ2) is 7.64. The maximum absolute atomic E-state index is 13.1. The van der Waals surface area contributed by atoms with Crippen molar-refractivity contribution in [3.05, 3.63) is 64.7 Å². The molecule has 0 spiro atoms. The number of carbonyl (C=O) groups is 3. The lowest BCUT2D eigenvalue weighted by Crippen LogP contribution is -2.48. The summed E-state index contributed by atoms with van der Waals surface area (Å²) in [5.74, 6) is -0.635. The number of amides is 3. The van der Waals surface area contributed by atoms with E-state index in [-0.39, 0.29) is 24.3 Å². The third-order valence-corrected chi connectivity index (χ3v) is 5.41. The fourth-order valence-corrected chi connectivity index (χ4v) is 4.03. The number of nitrogens with one attached hydrogen (secondary N) is 1. The van der Waals surface area contributed by atoms with Crippen molar-refractivity contribution in [2.75, 3.05) is 18.0 Å². The summed E-state index contributed by atoms with van der Waals surface area (Å²) in [6.45, 7) is 0.754. The van der Waals surface area contributed by atoms with Crippen LogP contribution in [0, 0.1) is 0 Å². The van der Waals surface area contributed by atoms with Crippen LogP contribution in [0.5, 0.6) is 0 Å². The lowest BCUT2D eigenvalue weighted by atomic mass is 10.1. The molecule has 1 atom stereocenters. The molecule has 0 saturated carbocycles. The average Bonchev–Trinajstić information content (AvgIpc) is 3.17. The number of fused-ring (bicyclic) bond motifs is 2. The van der Waals surface area contributed by atoms with E-state index in [1.165, 1.54) is 4.90 Å². The number of hydrogen-bond donors (Lipinski definition) is 1. The Morgan fingerprint density at radius 2 is 1.96 bits per heavy atom. The number of rotatable bonds is 4. The van der Waals surface area contributed by atoms with Crippen LogP contribution in [0.1, 0.15) is 28.8 Å². The summed E-state index contributed by atoms with van der Waals surface area (Å²) < 4.78 is 0. The minimum atomic E-state index is -0.499. The van der Waals surface area contributed by atoms with Crippen LogP contribution in [-0.2, 0) is 16.1 Å². The Bertz CT molecular complexity index is 946. The van der Waals surface area contributed by atoms with Gasteiger partial charge in [0.25, 0.3) is 5.91 Å². The molecule has 2 aromatic carbocycles. The summed E-state index contributed by atoms with van der Waals surface area (Å²) >= 11 is 5.97. The first-order valence-corrected chi connectivity index (χ1v) is 9.65. The van der Waals surface area contributed by atoms with E-state index in [0.29, 0.717) is 35.8 Å². The van der Waals surface area contributed by atoms with Gasteiger partial charge in [-0.05, 0) is 42.7 Å². The largest absolute Gasteiger partial charge is 0.350 e. The van der Waals surface area contributed by atoms with Crippen molar-refractivity contribution in [2.24, 2.45) is 0 Å². The number of nitrogens with zero attached hydrogens (tertiary/aromatic N) is 2. The summed E-state index contributed by atoms with van der Waals surface area (Å²) in [6.07, 6.45) is 1.41. The Kier molecular flexibility index (Phi) is 5.05. The normalized spacial score (nSPS) is 18.5. The summed E-state index contributed by atoms with van der Waals surface area (Å²) in [5, 5.41) is 3.43. The highest BCUT2D eigenvalue weighted by molar-refractivity contribution is 6.30.